The zero-order valence-electron chi connectivity index (χ0n) is 7.19. The average molecular weight is 186 g/mol. The molecule has 1 aliphatic rings. The van der Waals surface area contributed by atoms with Gasteiger partial charge in [-0.3, -0.25) is 0 Å². The fraction of sp³-hybridized carbons (Fsp3) is 0.500. The Labute approximate surface area is 75.3 Å². The Morgan fingerprint density at radius 3 is 3.08 bits per heavy atom. The van der Waals surface area contributed by atoms with Crippen LogP contribution in [0.5, 0.6) is 0 Å². The van der Waals surface area contributed by atoms with Crippen LogP contribution >= 0.6 is 0 Å². The lowest BCUT2D eigenvalue weighted by molar-refractivity contribution is -0.140. The predicted octanol–water partition coefficient (Wildman–Crippen LogP) is 0.641. The molecule has 0 radical (unpaired) electrons. The molecule has 0 aromatic rings. The monoisotopic (exact) mass is 186 g/mol. The minimum atomic E-state index is -0.716. The van der Waals surface area contributed by atoms with Crippen molar-refractivity contribution in [2.45, 2.75) is 13.0 Å². The number of esters is 1. The van der Waals surface area contributed by atoms with E-state index in [-0.39, 0.29) is 13.2 Å². The quantitative estimate of drug-likeness (QED) is 0.478. The van der Waals surface area contributed by atoms with Crippen molar-refractivity contribution in [1.82, 2.24) is 0 Å². The van der Waals surface area contributed by atoms with E-state index in [2.05, 4.69) is 9.47 Å². The van der Waals surface area contributed by atoms with Gasteiger partial charge in [-0.05, 0) is 6.92 Å². The second-order valence-corrected chi connectivity index (χ2v) is 2.43. The van der Waals surface area contributed by atoms with Crippen molar-refractivity contribution < 1.29 is 23.8 Å². The first-order valence-electron chi connectivity index (χ1n) is 3.85. The molecule has 0 bridgehead atoms. The lowest BCUT2D eigenvalue weighted by atomic mass is 10.4. The molecule has 0 N–H and O–H groups in total. The summed E-state index contributed by atoms with van der Waals surface area (Å²) in [5, 5.41) is 0. The fourth-order valence-electron chi connectivity index (χ4n) is 0.807. The molecule has 1 fully saturated rings. The summed E-state index contributed by atoms with van der Waals surface area (Å²) in [6.07, 6.45) is 1.67. The molecule has 1 atom stereocenters. The van der Waals surface area contributed by atoms with E-state index in [1.807, 2.05) is 0 Å². The lowest BCUT2D eigenvalue weighted by Crippen LogP contribution is -2.19. The van der Waals surface area contributed by atoms with Crippen molar-refractivity contribution >= 4 is 12.1 Å². The highest BCUT2D eigenvalue weighted by Gasteiger charge is 2.25. The first kappa shape index (κ1) is 9.57. The largest absolute Gasteiger partial charge is 0.508 e. The van der Waals surface area contributed by atoms with Crippen LogP contribution in [0.15, 0.2) is 12.2 Å². The lowest BCUT2D eigenvalue weighted by Gasteiger charge is -2.05. The summed E-state index contributed by atoms with van der Waals surface area (Å²) in [5.41, 5.74) is 0. The van der Waals surface area contributed by atoms with E-state index in [4.69, 9.17) is 4.74 Å². The molecule has 0 saturated carbocycles. The van der Waals surface area contributed by atoms with Gasteiger partial charge in [-0.2, -0.15) is 0 Å². The van der Waals surface area contributed by atoms with Gasteiger partial charge in [-0.15, -0.1) is 0 Å². The third-order valence-electron chi connectivity index (χ3n) is 1.36. The van der Waals surface area contributed by atoms with Crippen LogP contribution in [0.3, 0.4) is 0 Å². The standard InChI is InChI=1S/C8H10O5/c1-2-3-7(9)11-4-6-5-12-8(10)13-6/h2-3,6H,4-5H2,1H3/b3-2+. The molecule has 1 saturated heterocycles. The zero-order valence-corrected chi connectivity index (χ0v) is 7.19. The van der Waals surface area contributed by atoms with Gasteiger partial charge in [0.1, 0.15) is 13.2 Å². The van der Waals surface area contributed by atoms with Crippen LogP contribution in [0, 0.1) is 0 Å². The number of carbonyl (C=O) groups excluding carboxylic acids is 2. The van der Waals surface area contributed by atoms with Crippen LogP contribution in [-0.4, -0.2) is 31.4 Å². The van der Waals surface area contributed by atoms with E-state index < -0.39 is 18.2 Å². The predicted molar refractivity (Wildman–Crippen MR) is 42.0 cm³/mol. The Balaban J connectivity index is 2.19. The van der Waals surface area contributed by atoms with Gasteiger partial charge in [0.05, 0.1) is 0 Å². The highest BCUT2D eigenvalue weighted by molar-refractivity contribution is 5.81. The minimum absolute atomic E-state index is 0.0366. The summed E-state index contributed by atoms with van der Waals surface area (Å²) in [5.74, 6) is -0.453. The number of carbonyl (C=O) groups is 2. The molecule has 0 aromatic carbocycles. The van der Waals surface area contributed by atoms with Crippen LogP contribution in [-0.2, 0) is 19.0 Å². The van der Waals surface area contributed by atoms with Crippen LogP contribution < -0.4 is 0 Å². The molecule has 1 rings (SSSR count). The molecule has 5 heteroatoms. The Bertz CT molecular complexity index is 233. The Morgan fingerprint density at radius 1 is 1.77 bits per heavy atom. The number of allylic oxidation sites excluding steroid dienone is 1. The van der Waals surface area contributed by atoms with E-state index in [1.54, 1.807) is 13.0 Å². The summed E-state index contributed by atoms with van der Waals surface area (Å²) >= 11 is 0. The molecule has 13 heavy (non-hydrogen) atoms. The SMILES string of the molecule is C/C=C/C(=O)OCC1COC(=O)O1. The molecule has 0 spiro atoms. The van der Waals surface area contributed by atoms with Crippen molar-refractivity contribution in [3.8, 4) is 0 Å². The van der Waals surface area contributed by atoms with Crippen molar-refractivity contribution in [2.24, 2.45) is 0 Å². The Kier molecular flexibility index (Phi) is 3.31. The first-order valence-corrected chi connectivity index (χ1v) is 3.85. The smallest absolute Gasteiger partial charge is 0.458 e. The summed E-state index contributed by atoms with van der Waals surface area (Å²) in [7, 11) is 0. The van der Waals surface area contributed by atoms with Crippen LogP contribution in [0.4, 0.5) is 4.79 Å². The minimum Gasteiger partial charge on any atom is -0.458 e. The highest BCUT2D eigenvalue weighted by atomic mass is 16.8. The normalized spacial score (nSPS) is 21.3. The molecule has 1 unspecified atom stereocenters. The molecule has 5 nitrogen and oxygen atoms in total. The van der Waals surface area contributed by atoms with Gasteiger partial charge in [0, 0.05) is 6.08 Å². The maximum absolute atomic E-state index is 10.8. The van der Waals surface area contributed by atoms with Gasteiger partial charge in [0.2, 0.25) is 0 Å². The van der Waals surface area contributed by atoms with Crippen LogP contribution in [0.1, 0.15) is 6.92 Å². The first-order chi connectivity index (χ1) is 6.22. The van der Waals surface area contributed by atoms with Crippen molar-refractivity contribution in [1.29, 1.82) is 0 Å². The van der Waals surface area contributed by atoms with Gasteiger partial charge < -0.3 is 14.2 Å². The van der Waals surface area contributed by atoms with Gasteiger partial charge in [0.25, 0.3) is 0 Å². The molecule has 0 aromatic heterocycles. The summed E-state index contributed by atoms with van der Waals surface area (Å²) in [6, 6.07) is 0. The van der Waals surface area contributed by atoms with Gasteiger partial charge in [0.15, 0.2) is 6.10 Å². The molecular weight excluding hydrogens is 176 g/mol. The Morgan fingerprint density at radius 2 is 2.54 bits per heavy atom. The molecule has 0 aliphatic carbocycles. The van der Waals surface area contributed by atoms with E-state index in [1.165, 1.54) is 6.08 Å². The number of cyclic esters (lactones) is 2. The average Bonchev–Trinajstić information content (AvgIpc) is 2.49. The van der Waals surface area contributed by atoms with E-state index in [0.717, 1.165) is 0 Å². The van der Waals surface area contributed by atoms with Crippen molar-refractivity contribution in [2.75, 3.05) is 13.2 Å². The van der Waals surface area contributed by atoms with E-state index >= 15 is 0 Å². The molecule has 72 valence electrons. The number of rotatable bonds is 3. The summed E-state index contributed by atoms with van der Waals surface area (Å²) in [4.78, 5) is 21.2. The summed E-state index contributed by atoms with van der Waals surface area (Å²) in [6.45, 7) is 1.89. The summed E-state index contributed by atoms with van der Waals surface area (Å²) < 4.78 is 13.8. The molecule has 1 aliphatic heterocycles. The number of hydrogen-bond donors (Lipinski definition) is 0. The van der Waals surface area contributed by atoms with Crippen LogP contribution in [0.2, 0.25) is 0 Å². The number of ether oxygens (including phenoxy) is 3. The van der Waals surface area contributed by atoms with Crippen molar-refractivity contribution in [3.05, 3.63) is 12.2 Å². The second-order valence-electron chi connectivity index (χ2n) is 2.43. The van der Waals surface area contributed by atoms with E-state index in [9.17, 15) is 9.59 Å². The van der Waals surface area contributed by atoms with Crippen LogP contribution in [0.25, 0.3) is 0 Å². The second kappa shape index (κ2) is 4.49. The number of hydrogen-bond acceptors (Lipinski definition) is 5. The Hall–Kier alpha value is -1.52. The third-order valence-corrected chi connectivity index (χ3v) is 1.36. The third kappa shape index (κ3) is 3.14. The molecule has 0 amide bonds. The maximum Gasteiger partial charge on any atom is 0.508 e. The molecular formula is C8H10O5. The van der Waals surface area contributed by atoms with Gasteiger partial charge >= 0.3 is 12.1 Å². The van der Waals surface area contributed by atoms with Gasteiger partial charge in [-0.25, -0.2) is 9.59 Å². The van der Waals surface area contributed by atoms with E-state index in [0.29, 0.717) is 0 Å². The van der Waals surface area contributed by atoms with Gasteiger partial charge in [-0.1, -0.05) is 6.08 Å². The fourth-order valence-corrected chi connectivity index (χ4v) is 0.807. The highest BCUT2D eigenvalue weighted by Crippen LogP contribution is 2.06. The van der Waals surface area contributed by atoms with Crippen molar-refractivity contribution in [3.63, 3.8) is 0 Å². The maximum atomic E-state index is 10.8. The topological polar surface area (TPSA) is 61.8 Å². The molecule has 1 heterocycles. The zero-order chi connectivity index (χ0) is 9.68.